The van der Waals surface area contributed by atoms with Gasteiger partial charge in [-0.05, 0) is 45.2 Å². The highest BCUT2D eigenvalue weighted by atomic mass is 16.1. The van der Waals surface area contributed by atoms with Crippen LogP contribution in [0.15, 0.2) is 24.3 Å². The van der Waals surface area contributed by atoms with E-state index in [1.165, 1.54) is 18.4 Å². The lowest BCUT2D eigenvalue weighted by Crippen LogP contribution is -2.41. The lowest BCUT2D eigenvalue weighted by Gasteiger charge is -2.30. The van der Waals surface area contributed by atoms with Crippen LogP contribution in [0.5, 0.6) is 0 Å². The van der Waals surface area contributed by atoms with Crippen LogP contribution in [-0.2, 0) is 6.42 Å². The molecule has 18 heavy (non-hydrogen) atoms. The first-order chi connectivity index (χ1) is 8.53. The van der Waals surface area contributed by atoms with Crippen LogP contribution in [-0.4, -0.2) is 29.3 Å². The van der Waals surface area contributed by atoms with Gasteiger partial charge >= 0.3 is 0 Å². The Hall–Kier alpha value is -1.15. The molecule has 1 aliphatic rings. The molecule has 2 rings (SSSR count). The number of hydrogen-bond donors (Lipinski definition) is 0. The van der Waals surface area contributed by atoms with Gasteiger partial charge in [0.2, 0.25) is 0 Å². The van der Waals surface area contributed by atoms with Gasteiger partial charge in [-0.2, -0.15) is 0 Å². The van der Waals surface area contributed by atoms with Crippen LogP contribution in [0.1, 0.15) is 49.5 Å². The topological polar surface area (TPSA) is 20.3 Å². The van der Waals surface area contributed by atoms with Gasteiger partial charge in [0, 0.05) is 11.1 Å². The van der Waals surface area contributed by atoms with Crippen molar-refractivity contribution in [3.63, 3.8) is 0 Å². The number of ketones is 1. The van der Waals surface area contributed by atoms with Crippen molar-refractivity contribution in [2.75, 3.05) is 13.1 Å². The first-order valence-electron chi connectivity index (χ1n) is 6.90. The van der Waals surface area contributed by atoms with Crippen molar-refractivity contribution in [3.8, 4) is 0 Å². The zero-order valence-electron chi connectivity index (χ0n) is 11.7. The van der Waals surface area contributed by atoms with Gasteiger partial charge in [-0.3, -0.25) is 9.69 Å². The molecule has 0 bridgehead atoms. The smallest absolute Gasteiger partial charge is 0.176 e. The molecule has 98 valence electrons. The predicted octanol–water partition coefficient (Wildman–Crippen LogP) is 3.31. The Bertz CT molecular complexity index is 419. The second kappa shape index (κ2) is 5.23. The monoisotopic (exact) mass is 245 g/mol. The first-order valence-corrected chi connectivity index (χ1v) is 6.90. The maximum atomic E-state index is 12.2. The number of carbonyl (C=O) groups is 1. The molecule has 0 aliphatic carbocycles. The minimum Gasteiger partial charge on any atom is -0.293 e. The molecule has 1 aromatic rings. The molecule has 0 atom stereocenters. The Morgan fingerprint density at radius 2 is 1.94 bits per heavy atom. The summed E-state index contributed by atoms with van der Waals surface area (Å²) in [6.45, 7) is 8.19. The zero-order valence-corrected chi connectivity index (χ0v) is 11.7. The van der Waals surface area contributed by atoms with Crippen LogP contribution in [0.4, 0.5) is 0 Å². The fourth-order valence-electron chi connectivity index (χ4n) is 2.65. The molecule has 0 amide bonds. The maximum Gasteiger partial charge on any atom is 0.176 e. The molecular weight excluding hydrogens is 222 g/mol. The maximum absolute atomic E-state index is 12.2. The fourth-order valence-corrected chi connectivity index (χ4v) is 2.65. The van der Waals surface area contributed by atoms with Crippen LogP contribution >= 0.6 is 0 Å². The molecule has 2 nitrogen and oxygen atoms in total. The molecule has 0 radical (unpaired) electrons. The first kappa shape index (κ1) is 13.3. The van der Waals surface area contributed by atoms with Gasteiger partial charge in [0.25, 0.3) is 0 Å². The van der Waals surface area contributed by atoms with Crippen molar-refractivity contribution in [2.24, 2.45) is 0 Å². The summed E-state index contributed by atoms with van der Waals surface area (Å²) in [7, 11) is 0. The molecule has 1 saturated heterocycles. The summed E-state index contributed by atoms with van der Waals surface area (Å²) < 4.78 is 0. The lowest BCUT2D eigenvalue weighted by atomic mass is 10.0. The van der Waals surface area contributed by atoms with Gasteiger partial charge < -0.3 is 0 Å². The van der Waals surface area contributed by atoms with E-state index in [1.54, 1.807) is 0 Å². The molecule has 1 fully saturated rings. The van der Waals surface area contributed by atoms with Crippen LogP contribution in [0, 0.1) is 0 Å². The van der Waals surface area contributed by atoms with E-state index in [0.717, 1.165) is 18.5 Å². The van der Waals surface area contributed by atoms with Gasteiger partial charge in [0.1, 0.15) is 0 Å². The quantitative estimate of drug-likeness (QED) is 0.759. The predicted molar refractivity (Wildman–Crippen MR) is 75.0 cm³/mol. The second-order valence-corrected chi connectivity index (χ2v) is 5.81. The Morgan fingerprint density at radius 3 is 2.44 bits per heavy atom. The van der Waals surface area contributed by atoms with Gasteiger partial charge in [-0.1, -0.05) is 31.2 Å². The van der Waals surface area contributed by atoms with Gasteiger partial charge in [0.15, 0.2) is 5.78 Å². The minimum absolute atomic E-state index is 0.180. The number of benzene rings is 1. The summed E-state index contributed by atoms with van der Waals surface area (Å²) in [5, 5.41) is 0. The van der Waals surface area contributed by atoms with Gasteiger partial charge in [-0.25, -0.2) is 0 Å². The Morgan fingerprint density at radius 1 is 1.28 bits per heavy atom. The average Bonchev–Trinajstić information content (AvgIpc) is 2.69. The van der Waals surface area contributed by atoms with Crippen molar-refractivity contribution in [3.05, 3.63) is 35.4 Å². The van der Waals surface area contributed by atoms with Crippen LogP contribution < -0.4 is 0 Å². The number of carbonyl (C=O) groups excluding carboxylic acids is 1. The number of hydrogen-bond acceptors (Lipinski definition) is 2. The van der Waals surface area contributed by atoms with E-state index in [0.29, 0.717) is 6.54 Å². The van der Waals surface area contributed by atoms with Gasteiger partial charge in [0.05, 0.1) is 6.54 Å². The van der Waals surface area contributed by atoms with Gasteiger partial charge in [-0.15, -0.1) is 0 Å². The number of rotatable bonds is 4. The summed E-state index contributed by atoms with van der Waals surface area (Å²) in [5.74, 6) is 0.243. The van der Waals surface area contributed by atoms with Crippen LogP contribution in [0.2, 0.25) is 0 Å². The molecule has 0 N–H and O–H groups in total. The highest BCUT2D eigenvalue weighted by Crippen LogP contribution is 2.28. The minimum atomic E-state index is 0.180. The Kier molecular flexibility index (Phi) is 3.86. The summed E-state index contributed by atoms with van der Waals surface area (Å²) in [4.78, 5) is 14.6. The highest BCUT2D eigenvalue weighted by Gasteiger charge is 2.32. The SMILES string of the molecule is CCc1ccc(C(=O)CN2CCCC2(C)C)cc1. The van der Waals surface area contributed by atoms with E-state index in [1.807, 2.05) is 12.1 Å². The van der Waals surface area contributed by atoms with E-state index < -0.39 is 0 Å². The molecule has 2 heteroatoms. The lowest BCUT2D eigenvalue weighted by molar-refractivity contribution is 0.0871. The summed E-state index contributed by atoms with van der Waals surface area (Å²) in [6, 6.07) is 8.04. The standard InChI is InChI=1S/C16H23NO/c1-4-13-6-8-14(9-7-13)15(18)12-17-11-5-10-16(17,2)3/h6-9H,4-5,10-12H2,1-3H3. The van der Waals surface area contributed by atoms with Crippen LogP contribution in [0.25, 0.3) is 0 Å². The molecule has 1 aromatic carbocycles. The third-order valence-electron chi connectivity index (χ3n) is 4.09. The van der Waals surface area contributed by atoms with Crippen molar-refractivity contribution in [1.29, 1.82) is 0 Å². The molecular formula is C16H23NO. The van der Waals surface area contributed by atoms with Crippen molar-refractivity contribution >= 4 is 5.78 Å². The summed E-state index contributed by atoms with van der Waals surface area (Å²) in [6.07, 6.45) is 3.41. The Labute approximate surface area is 110 Å². The highest BCUT2D eigenvalue weighted by molar-refractivity contribution is 5.97. The molecule has 1 aliphatic heterocycles. The molecule has 0 unspecified atom stereocenters. The molecule has 0 aromatic heterocycles. The third kappa shape index (κ3) is 2.81. The van der Waals surface area contributed by atoms with E-state index in [4.69, 9.17) is 0 Å². The normalized spacial score (nSPS) is 19.1. The van der Waals surface area contributed by atoms with E-state index in [-0.39, 0.29) is 11.3 Å². The molecule has 0 spiro atoms. The number of nitrogens with zero attached hydrogens (tertiary/aromatic N) is 1. The Balaban J connectivity index is 2.03. The largest absolute Gasteiger partial charge is 0.293 e. The zero-order chi connectivity index (χ0) is 13.2. The van der Waals surface area contributed by atoms with Crippen molar-refractivity contribution < 1.29 is 4.79 Å². The molecule has 0 saturated carbocycles. The summed E-state index contributed by atoms with van der Waals surface area (Å²) >= 11 is 0. The second-order valence-electron chi connectivity index (χ2n) is 5.81. The number of aryl methyl sites for hydroxylation is 1. The van der Waals surface area contributed by atoms with Crippen molar-refractivity contribution in [1.82, 2.24) is 4.90 Å². The number of likely N-dealkylation sites (tertiary alicyclic amines) is 1. The summed E-state index contributed by atoms with van der Waals surface area (Å²) in [5.41, 5.74) is 2.31. The van der Waals surface area contributed by atoms with E-state index in [9.17, 15) is 4.79 Å². The molecule has 1 heterocycles. The fraction of sp³-hybridized carbons (Fsp3) is 0.562. The van der Waals surface area contributed by atoms with E-state index >= 15 is 0 Å². The average molecular weight is 245 g/mol. The third-order valence-corrected chi connectivity index (χ3v) is 4.09. The van der Waals surface area contributed by atoms with Crippen LogP contribution in [0.3, 0.4) is 0 Å². The van der Waals surface area contributed by atoms with Crippen molar-refractivity contribution in [2.45, 2.75) is 45.6 Å². The number of Topliss-reactive ketones (excluding diaryl/α,β-unsaturated/α-hetero) is 1. The van der Waals surface area contributed by atoms with E-state index in [2.05, 4.69) is 37.8 Å².